The maximum absolute atomic E-state index is 12.6. The van der Waals surface area contributed by atoms with Gasteiger partial charge in [0.25, 0.3) is 5.91 Å². The molecule has 0 aliphatic carbocycles. The molecule has 2 aromatic rings. The molecule has 7 heteroatoms. The van der Waals surface area contributed by atoms with Crippen molar-refractivity contribution in [1.29, 1.82) is 0 Å². The lowest BCUT2D eigenvalue weighted by Gasteiger charge is -2.17. The molecule has 0 spiro atoms. The van der Waals surface area contributed by atoms with Crippen molar-refractivity contribution in [3.8, 4) is 5.75 Å². The fourth-order valence-corrected chi connectivity index (χ4v) is 3.06. The van der Waals surface area contributed by atoms with Gasteiger partial charge in [-0.2, -0.15) is 0 Å². The molecule has 1 fully saturated rings. The molecule has 0 aromatic heterocycles. The zero-order chi connectivity index (χ0) is 19.4. The first-order valence-electron chi connectivity index (χ1n) is 8.72. The van der Waals surface area contributed by atoms with Crippen molar-refractivity contribution in [3.63, 3.8) is 0 Å². The van der Waals surface area contributed by atoms with Gasteiger partial charge in [-0.05, 0) is 43.3 Å². The highest BCUT2D eigenvalue weighted by atomic mass is 16.5. The van der Waals surface area contributed by atoms with Crippen molar-refractivity contribution in [2.75, 3.05) is 23.4 Å². The van der Waals surface area contributed by atoms with Crippen molar-refractivity contribution in [3.05, 3.63) is 54.1 Å². The summed E-state index contributed by atoms with van der Waals surface area (Å²) in [5.41, 5.74) is 6.64. The molecule has 1 aliphatic rings. The molecule has 3 rings (SSSR count). The van der Waals surface area contributed by atoms with Gasteiger partial charge in [-0.15, -0.1) is 0 Å². The second-order valence-electron chi connectivity index (χ2n) is 6.23. The first-order chi connectivity index (χ1) is 13.0. The average molecular weight is 367 g/mol. The molecule has 140 valence electrons. The normalized spacial score (nSPS) is 16.3. The van der Waals surface area contributed by atoms with Crippen LogP contribution in [0.5, 0.6) is 5.75 Å². The lowest BCUT2D eigenvalue weighted by Crippen LogP contribution is -2.28. The second kappa shape index (κ2) is 7.90. The van der Waals surface area contributed by atoms with E-state index in [4.69, 9.17) is 10.5 Å². The van der Waals surface area contributed by atoms with E-state index < -0.39 is 11.8 Å². The Kier molecular flexibility index (Phi) is 5.40. The fraction of sp³-hybridized carbons (Fsp3) is 0.250. The van der Waals surface area contributed by atoms with Crippen LogP contribution in [-0.2, 0) is 9.59 Å². The predicted octanol–water partition coefficient (Wildman–Crippen LogP) is 2.18. The minimum Gasteiger partial charge on any atom is -0.494 e. The van der Waals surface area contributed by atoms with Crippen molar-refractivity contribution in [2.45, 2.75) is 13.3 Å². The largest absolute Gasteiger partial charge is 0.494 e. The van der Waals surface area contributed by atoms with E-state index in [1.807, 2.05) is 6.92 Å². The van der Waals surface area contributed by atoms with Gasteiger partial charge in [-0.3, -0.25) is 14.4 Å². The molecule has 0 bridgehead atoms. The van der Waals surface area contributed by atoms with Gasteiger partial charge in [-0.1, -0.05) is 12.1 Å². The number of nitrogens with zero attached hydrogens (tertiary/aromatic N) is 1. The summed E-state index contributed by atoms with van der Waals surface area (Å²) in [5, 5.41) is 2.71. The van der Waals surface area contributed by atoms with Gasteiger partial charge in [0, 0.05) is 18.7 Å². The molecule has 3 amide bonds. The molecular formula is C20H21N3O4. The van der Waals surface area contributed by atoms with E-state index in [1.54, 1.807) is 53.4 Å². The Morgan fingerprint density at radius 3 is 2.56 bits per heavy atom. The Balaban J connectivity index is 1.70. The lowest BCUT2D eigenvalue weighted by atomic mass is 10.1. The van der Waals surface area contributed by atoms with Gasteiger partial charge in [-0.25, -0.2) is 0 Å². The zero-order valence-electron chi connectivity index (χ0n) is 15.0. The average Bonchev–Trinajstić information content (AvgIpc) is 3.05. The number of nitrogens with two attached hydrogens (primary N) is 1. The van der Waals surface area contributed by atoms with E-state index in [1.165, 1.54) is 0 Å². The number of anilines is 2. The Morgan fingerprint density at radius 1 is 1.19 bits per heavy atom. The SMILES string of the molecule is CCOc1ccc(N2C[C@H](C(=O)Nc3ccccc3C(N)=O)CC2=O)cc1. The third-order valence-electron chi connectivity index (χ3n) is 4.41. The van der Waals surface area contributed by atoms with Gasteiger partial charge < -0.3 is 20.7 Å². The Bertz CT molecular complexity index is 864. The number of rotatable bonds is 6. The van der Waals surface area contributed by atoms with Crippen LogP contribution in [0, 0.1) is 5.92 Å². The summed E-state index contributed by atoms with van der Waals surface area (Å²) >= 11 is 0. The summed E-state index contributed by atoms with van der Waals surface area (Å²) in [6.07, 6.45) is 0.109. The standard InChI is InChI=1S/C20H21N3O4/c1-2-27-15-9-7-14(8-10-15)23-12-13(11-18(23)24)20(26)22-17-6-4-3-5-16(17)19(21)25/h3-10,13H,2,11-12H2,1H3,(H2,21,25)(H,22,26)/t13-/m1/s1. The predicted molar refractivity (Wildman–Crippen MR) is 102 cm³/mol. The van der Waals surface area contributed by atoms with Crippen LogP contribution in [0.15, 0.2) is 48.5 Å². The fourth-order valence-electron chi connectivity index (χ4n) is 3.06. The van der Waals surface area contributed by atoms with Crippen LogP contribution < -0.4 is 20.7 Å². The zero-order valence-corrected chi connectivity index (χ0v) is 15.0. The smallest absolute Gasteiger partial charge is 0.250 e. The first-order valence-corrected chi connectivity index (χ1v) is 8.72. The third kappa shape index (κ3) is 4.08. The summed E-state index contributed by atoms with van der Waals surface area (Å²) in [6.45, 7) is 2.74. The van der Waals surface area contributed by atoms with Crippen LogP contribution in [0.1, 0.15) is 23.7 Å². The van der Waals surface area contributed by atoms with Crippen LogP contribution >= 0.6 is 0 Å². The third-order valence-corrected chi connectivity index (χ3v) is 4.41. The van der Waals surface area contributed by atoms with E-state index in [9.17, 15) is 14.4 Å². The summed E-state index contributed by atoms with van der Waals surface area (Å²) < 4.78 is 5.40. The van der Waals surface area contributed by atoms with E-state index in [2.05, 4.69) is 5.32 Å². The van der Waals surface area contributed by atoms with Crippen LogP contribution in [0.25, 0.3) is 0 Å². The van der Waals surface area contributed by atoms with Gasteiger partial charge in [0.1, 0.15) is 5.75 Å². The number of benzene rings is 2. The molecule has 2 aromatic carbocycles. The highest BCUT2D eigenvalue weighted by molar-refractivity contribution is 6.06. The number of hydrogen-bond donors (Lipinski definition) is 2. The molecule has 0 saturated carbocycles. The highest BCUT2D eigenvalue weighted by Gasteiger charge is 2.35. The minimum absolute atomic E-state index is 0.109. The number of para-hydroxylation sites is 1. The Morgan fingerprint density at radius 2 is 1.89 bits per heavy atom. The topological polar surface area (TPSA) is 102 Å². The van der Waals surface area contributed by atoms with Gasteiger partial charge >= 0.3 is 0 Å². The van der Waals surface area contributed by atoms with Crippen LogP contribution in [0.2, 0.25) is 0 Å². The maximum atomic E-state index is 12.6. The Hall–Kier alpha value is -3.35. The number of ether oxygens (including phenoxy) is 1. The summed E-state index contributed by atoms with van der Waals surface area (Å²) in [6, 6.07) is 13.7. The van der Waals surface area contributed by atoms with Crippen molar-refractivity contribution < 1.29 is 19.1 Å². The minimum atomic E-state index is -0.621. The molecule has 0 radical (unpaired) electrons. The molecule has 1 atom stereocenters. The van der Waals surface area contributed by atoms with E-state index >= 15 is 0 Å². The van der Waals surface area contributed by atoms with E-state index in [-0.39, 0.29) is 30.3 Å². The number of carbonyl (C=O) groups is 3. The van der Waals surface area contributed by atoms with Crippen LogP contribution in [-0.4, -0.2) is 30.9 Å². The first kappa shape index (κ1) is 18.4. The number of amides is 3. The van der Waals surface area contributed by atoms with Crippen LogP contribution in [0.3, 0.4) is 0 Å². The second-order valence-corrected chi connectivity index (χ2v) is 6.23. The maximum Gasteiger partial charge on any atom is 0.250 e. The van der Waals surface area contributed by atoms with Gasteiger partial charge in [0.05, 0.1) is 23.8 Å². The number of primary amides is 1. The van der Waals surface area contributed by atoms with E-state index in [0.717, 1.165) is 11.4 Å². The number of nitrogens with one attached hydrogen (secondary N) is 1. The molecule has 27 heavy (non-hydrogen) atoms. The lowest BCUT2D eigenvalue weighted by molar-refractivity contribution is -0.122. The molecule has 0 unspecified atom stereocenters. The van der Waals surface area contributed by atoms with Crippen molar-refractivity contribution >= 4 is 29.1 Å². The summed E-state index contributed by atoms with van der Waals surface area (Å²) in [7, 11) is 0. The number of hydrogen-bond acceptors (Lipinski definition) is 4. The molecule has 1 saturated heterocycles. The molecule has 1 aliphatic heterocycles. The highest BCUT2D eigenvalue weighted by Crippen LogP contribution is 2.28. The van der Waals surface area contributed by atoms with Gasteiger partial charge in [0.2, 0.25) is 11.8 Å². The summed E-state index contributed by atoms with van der Waals surface area (Å²) in [4.78, 5) is 38.0. The van der Waals surface area contributed by atoms with E-state index in [0.29, 0.717) is 12.3 Å². The van der Waals surface area contributed by atoms with Crippen LogP contribution in [0.4, 0.5) is 11.4 Å². The van der Waals surface area contributed by atoms with Crippen molar-refractivity contribution in [1.82, 2.24) is 0 Å². The molecule has 1 heterocycles. The Labute approximate surface area is 157 Å². The number of carbonyl (C=O) groups excluding carboxylic acids is 3. The van der Waals surface area contributed by atoms with Crippen molar-refractivity contribution in [2.24, 2.45) is 11.7 Å². The quantitative estimate of drug-likeness (QED) is 0.817. The molecule has 7 nitrogen and oxygen atoms in total. The van der Waals surface area contributed by atoms with Gasteiger partial charge in [0.15, 0.2) is 0 Å². The monoisotopic (exact) mass is 367 g/mol. The molecular weight excluding hydrogens is 346 g/mol. The molecule has 3 N–H and O–H groups in total. The summed E-state index contributed by atoms with van der Waals surface area (Å²) in [5.74, 6) is -0.840.